The van der Waals surface area contributed by atoms with Gasteiger partial charge in [-0.25, -0.2) is 0 Å². The summed E-state index contributed by atoms with van der Waals surface area (Å²) in [7, 11) is 0. The Hall–Kier alpha value is -1.31. The molecule has 0 saturated carbocycles. The van der Waals surface area contributed by atoms with Crippen LogP contribution in [0, 0.1) is 0 Å². The maximum atomic E-state index is 4.11. The molecule has 0 spiro atoms. The number of rotatable bonds is 0. The van der Waals surface area contributed by atoms with E-state index < -0.39 is 0 Å². The molecule has 2 aromatic rings. The van der Waals surface area contributed by atoms with Crippen LogP contribution < -0.4 is 0 Å². The number of nitrogens with zero attached hydrogens (tertiary/aromatic N) is 1. The first kappa shape index (κ1) is 11.7. The lowest BCUT2D eigenvalue weighted by Crippen LogP contribution is -1.68. The molecule has 2 heteroatoms. The summed E-state index contributed by atoms with van der Waals surface area (Å²) in [6.45, 7) is 8.00. The lowest BCUT2D eigenvalue weighted by molar-refractivity contribution is 1.41. The molecule has 0 fully saturated rings. The number of nitrogens with one attached hydrogen (secondary N) is 1. The summed E-state index contributed by atoms with van der Waals surface area (Å²) in [5.74, 6) is 0. The van der Waals surface area contributed by atoms with Crippen LogP contribution in [0.15, 0.2) is 30.6 Å². The highest BCUT2D eigenvalue weighted by atomic mass is 14.7. The van der Waals surface area contributed by atoms with Crippen molar-refractivity contribution in [3.63, 3.8) is 0 Å². The Morgan fingerprint density at radius 1 is 1.15 bits per heavy atom. The van der Waals surface area contributed by atoms with Crippen LogP contribution >= 0.6 is 0 Å². The van der Waals surface area contributed by atoms with Gasteiger partial charge in [0.1, 0.15) is 0 Å². The molecule has 2 nitrogen and oxygen atoms in total. The minimum absolute atomic E-state index is 0. The third kappa shape index (κ3) is 3.28. The zero-order valence-corrected chi connectivity index (χ0v) is 8.83. The third-order valence-electron chi connectivity index (χ3n) is 1.32. The van der Waals surface area contributed by atoms with Gasteiger partial charge in [0.15, 0.2) is 0 Å². The summed E-state index contributed by atoms with van der Waals surface area (Å²) in [5, 5.41) is 0. The van der Waals surface area contributed by atoms with Crippen molar-refractivity contribution in [2.45, 2.75) is 27.7 Å². The highest BCUT2D eigenvalue weighted by molar-refractivity contribution is 5.73. The van der Waals surface area contributed by atoms with Gasteiger partial charge in [-0.2, -0.15) is 0 Å². The van der Waals surface area contributed by atoms with Crippen LogP contribution in [-0.2, 0) is 0 Å². The summed E-state index contributed by atoms with van der Waals surface area (Å²) in [4.78, 5) is 7.17. The molecular weight excluding hydrogens is 160 g/mol. The number of H-pyrrole nitrogens is 1. The molecule has 0 unspecified atom stereocenters. The maximum absolute atomic E-state index is 4.11. The van der Waals surface area contributed by atoms with E-state index >= 15 is 0 Å². The van der Waals surface area contributed by atoms with Crippen LogP contribution in [0.3, 0.4) is 0 Å². The second kappa shape index (κ2) is 7.35. The van der Waals surface area contributed by atoms with Crippen molar-refractivity contribution in [2.75, 3.05) is 0 Å². The number of pyridine rings is 1. The Balaban J connectivity index is 0. The van der Waals surface area contributed by atoms with Gasteiger partial charge in [-0.3, -0.25) is 4.98 Å². The maximum Gasteiger partial charge on any atom is 0.0878 e. The third-order valence-corrected chi connectivity index (χ3v) is 1.32. The largest absolute Gasteiger partial charge is 0.360 e. The zero-order chi connectivity index (χ0) is 10.1. The van der Waals surface area contributed by atoms with E-state index in [9.17, 15) is 0 Å². The van der Waals surface area contributed by atoms with Crippen molar-refractivity contribution >= 4 is 11.0 Å². The van der Waals surface area contributed by atoms with Crippen molar-refractivity contribution in [1.82, 2.24) is 9.97 Å². The van der Waals surface area contributed by atoms with Crippen LogP contribution in [0.1, 0.15) is 29.1 Å². The van der Waals surface area contributed by atoms with Crippen molar-refractivity contribution in [1.29, 1.82) is 0 Å². The second-order valence-corrected chi connectivity index (χ2v) is 1.91. The fourth-order valence-electron chi connectivity index (χ4n) is 0.883. The molecular formula is C11H20N2. The molecule has 0 radical (unpaired) electrons. The predicted octanol–water partition coefficient (Wildman–Crippen LogP) is 3.86. The molecule has 0 bridgehead atoms. The number of fused-ring (bicyclic) bond motifs is 1. The van der Waals surface area contributed by atoms with Crippen LogP contribution in [0.5, 0.6) is 0 Å². The van der Waals surface area contributed by atoms with Crippen LogP contribution in [0.25, 0.3) is 11.0 Å². The smallest absolute Gasteiger partial charge is 0.0878 e. The zero-order valence-electron chi connectivity index (χ0n) is 8.83. The van der Waals surface area contributed by atoms with E-state index in [0.717, 1.165) is 11.0 Å². The highest BCUT2D eigenvalue weighted by Crippen LogP contribution is 2.05. The average Bonchev–Trinajstić information content (AvgIpc) is 2.71. The van der Waals surface area contributed by atoms with Gasteiger partial charge in [0, 0.05) is 13.8 Å². The van der Waals surface area contributed by atoms with Gasteiger partial charge in [-0.1, -0.05) is 27.7 Å². The van der Waals surface area contributed by atoms with E-state index in [0.29, 0.717) is 0 Å². The molecule has 0 aliphatic heterocycles. The first-order valence-electron chi connectivity index (χ1n) is 4.85. The molecule has 0 aliphatic rings. The van der Waals surface area contributed by atoms with E-state index in [4.69, 9.17) is 0 Å². The normalized spacial score (nSPS) is 8.00. The standard InChI is InChI=1S/C7H6N2.2C2H6.H2/c1-2-6-7(8-4-1)3-5-9-6;2*1-2;/h1-5,9H;2*1-2H3;1H. The monoisotopic (exact) mass is 180 g/mol. The van der Waals surface area contributed by atoms with Gasteiger partial charge in [0.25, 0.3) is 0 Å². The van der Waals surface area contributed by atoms with E-state index in [2.05, 4.69) is 9.97 Å². The Bertz CT molecular complexity index is 287. The average molecular weight is 180 g/mol. The van der Waals surface area contributed by atoms with Crippen LogP contribution in [0.4, 0.5) is 0 Å². The minimum Gasteiger partial charge on any atom is -0.360 e. The van der Waals surface area contributed by atoms with E-state index in [1.165, 1.54) is 0 Å². The van der Waals surface area contributed by atoms with Crippen molar-refractivity contribution in [3.05, 3.63) is 30.6 Å². The SMILES string of the molecule is CC.CC.[HH].c1cnc2cc[nH]c2c1. The minimum atomic E-state index is 0. The number of hydrogen-bond donors (Lipinski definition) is 1. The van der Waals surface area contributed by atoms with Gasteiger partial charge < -0.3 is 4.98 Å². The number of aromatic amines is 1. The summed E-state index contributed by atoms with van der Waals surface area (Å²) in [5.41, 5.74) is 2.12. The summed E-state index contributed by atoms with van der Waals surface area (Å²) in [6.07, 6.45) is 3.67. The molecule has 0 amide bonds. The predicted molar refractivity (Wildman–Crippen MR) is 60.9 cm³/mol. The van der Waals surface area contributed by atoms with Gasteiger partial charge in [0.2, 0.25) is 0 Å². The molecule has 0 aromatic carbocycles. The fourth-order valence-corrected chi connectivity index (χ4v) is 0.883. The van der Waals surface area contributed by atoms with E-state index in [1.807, 2.05) is 52.1 Å². The Kier molecular flexibility index (Phi) is 6.60. The Morgan fingerprint density at radius 3 is 2.46 bits per heavy atom. The molecule has 2 aromatic heterocycles. The van der Waals surface area contributed by atoms with Crippen molar-refractivity contribution in [2.24, 2.45) is 0 Å². The van der Waals surface area contributed by atoms with Gasteiger partial charge in [-0.15, -0.1) is 0 Å². The number of aromatic nitrogens is 2. The van der Waals surface area contributed by atoms with Crippen molar-refractivity contribution < 1.29 is 1.43 Å². The molecule has 74 valence electrons. The summed E-state index contributed by atoms with van der Waals surface area (Å²) in [6, 6.07) is 5.87. The number of hydrogen-bond acceptors (Lipinski definition) is 1. The summed E-state index contributed by atoms with van der Waals surface area (Å²) >= 11 is 0. The highest BCUT2D eigenvalue weighted by Gasteiger charge is 1.88. The quantitative estimate of drug-likeness (QED) is 0.655. The van der Waals surface area contributed by atoms with Gasteiger partial charge >= 0.3 is 0 Å². The van der Waals surface area contributed by atoms with Gasteiger partial charge in [0.05, 0.1) is 11.0 Å². The topological polar surface area (TPSA) is 28.7 Å². The molecule has 0 atom stereocenters. The van der Waals surface area contributed by atoms with Crippen LogP contribution in [-0.4, -0.2) is 9.97 Å². The first-order valence-corrected chi connectivity index (χ1v) is 4.85. The lowest BCUT2D eigenvalue weighted by Gasteiger charge is -1.82. The molecule has 0 aliphatic carbocycles. The molecule has 2 heterocycles. The van der Waals surface area contributed by atoms with E-state index in [1.54, 1.807) is 6.20 Å². The van der Waals surface area contributed by atoms with E-state index in [-0.39, 0.29) is 1.43 Å². The second-order valence-electron chi connectivity index (χ2n) is 1.91. The fraction of sp³-hybridized carbons (Fsp3) is 0.364. The Morgan fingerprint density at radius 2 is 1.85 bits per heavy atom. The summed E-state index contributed by atoms with van der Waals surface area (Å²) < 4.78 is 0. The molecule has 1 N–H and O–H groups in total. The first-order chi connectivity index (χ1) is 6.47. The van der Waals surface area contributed by atoms with Crippen LogP contribution in [0.2, 0.25) is 0 Å². The van der Waals surface area contributed by atoms with Crippen molar-refractivity contribution in [3.8, 4) is 0 Å². The lowest BCUT2D eigenvalue weighted by atomic mass is 10.4. The Labute approximate surface area is 81.5 Å². The molecule has 13 heavy (non-hydrogen) atoms. The van der Waals surface area contributed by atoms with Gasteiger partial charge in [-0.05, 0) is 18.2 Å². The molecule has 2 rings (SSSR count). The molecule has 0 saturated heterocycles.